The number of hydrogen-bond donors (Lipinski definition) is 1. The lowest BCUT2D eigenvalue weighted by molar-refractivity contribution is 0.0946. The van der Waals surface area contributed by atoms with Crippen LogP contribution < -0.4 is 5.32 Å². The first-order valence-corrected chi connectivity index (χ1v) is 12.1. The molecule has 4 rings (SSSR count). The average Bonchev–Trinajstić information content (AvgIpc) is 3.45. The summed E-state index contributed by atoms with van der Waals surface area (Å²) in [6.07, 6.45) is 4.36. The van der Waals surface area contributed by atoms with E-state index in [-0.39, 0.29) is 11.9 Å². The molecule has 1 aliphatic rings. The van der Waals surface area contributed by atoms with E-state index in [2.05, 4.69) is 56.0 Å². The molecule has 1 saturated heterocycles. The zero-order chi connectivity index (χ0) is 22.1. The van der Waals surface area contributed by atoms with E-state index in [0.29, 0.717) is 18.0 Å². The Morgan fingerprint density at radius 1 is 1.19 bits per heavy atom. The van der Waals surface area contributed by atoms with Gasteiger partial charge in [-0.3, -0.25) is 4.79 Å². The van der Waals surface area contributed by atoms with E-state index in [0.717, 1.165) is 28.8 Å². The second-order valence-electron chi connectivity index (χ2n) is 9.13. The van der Waals surface area contributed by atoms with Gasteiger partial charge in [-0.15, -0.1) is 11.3 Å². The largest absolute Gasteiger partial charge is 0.352 e. The molecule has 1 unspecified atom stereocenters. The van der Waals surface area contributed by atoms with E-state index >= 15 is 0 Å². The summed E-state index contributed by atoms with van der Waals surface area (Å²) in [5.74, 6) is 0.369. The van der Waals surface area contributed by atoms with Crippen LogP contribution in [-0.2, 0) is 0 Å². The zero-order valence-electron chi connectivity index (χ0n) is 19.2. The van der Waals surface area contributed by atoms with Crippen molar-refractivity contribution in [2.45, 2.75) is 53.5 Å². The molecule has 1 aliphatic heterocycles. The van der Waals surface area contributed by atoms with E-state index in [9.17, 15) is 4.79 Å². The Bertz CT molecular complexity index is 1080. The number of pyridine rings is 1. The number of aromatic nitrogens is 3. The molecule has 166 valence electrons. The lowest BCUT2D eigenvalue weighted by Gasteiger charge is -2.20. The van der Waals surface area contributed by atoms with Crippen molar-refractivity contribution in [2.24, 2.45) is 5.92 Å². The summed E-state index contributed by atoms with van der Waals surface area (Å²) in [5.41, 5.74) is 3.36. The number of thiophene rings is 1. The lowest BCUT2D eigenvalue weighted by Crippen LogP contribution is -2.34. The number of aryl methyl sites for hydroxylation is 2. The van der Waals surface area contributed by atoms with Gasteiger partial charge in [0.2, 0.25) is 0 Å². The van der Waals surface area contributed by atoms with E-state index < -0.39 is 0 Å². The normalized spacial score (nSPS) is 15.8. The molecule has 1 amide bonds. The number of amides is 1. The molecule has 1 atom stereocenters. The van der Waals surface area contributed by atoms with Crippen LogP contribution in [0.15, 0.2) is 18.3 Å². The maximum atomic E-state index is 13.3. The summed E-state index contributed by atoms with van der Waals surface area (Å²) in [6.45, 7) is 14.7. The number of rotatable bonds is 7. The van der Waals surface area contributed by atoms with E-state index in [1.54, 1.807) is 17.5 Å². The molecule has 1 fully saturated rings. The van der Waals surface area contributed by atoms with Crippen molar-refractivity contribution in [1.29, 1.82) is 0 Å². The third kappa shape index (κ3) is 4.67. The van der Waals surface area contributed by atoms with Crippen LogP contribution >= 0.6 is 11.3 Å². The van der Waals surface area contributed by atoms with Gasteiger partial charge in [-0.2, -0.15) is 5.10 Å². The maximum Gasteiger partial charge on any atom is 0.252 e. The second kappa shape index (κ2) is 9.09. The summed E-state index contributed by atoms with van der Waals surface area (Å²) in [7, 11) is 0. The minimum absolute atomic E-state index is 0.0465. The Morgan fingerprint density at radius 3 is 2.58 bits per heavy atom. The predicted molar refractivity (Wildman–Crippen MR) is 128 cm³/mol. The highest BCUT2D eigenvalue weighted by atomic mass is 32.1. The second-order valence-corrected chi connectivity index (χ2v) is 10.6. The Kier molecular flexibility index (Phi) is 6.44. The number of nitrogens with zero attached hydrogens (tertiary/aromatic N) is 4. The summed E-state index contributed by atoms with van der Waals surface area (Å²) >= 11 is 1.76. The minimum Gasteiger partial charge on any atom is -0.352 e. The first-order chi connectivity index (χ1) is 14.8. The highest BCUT2D eigenvalue weighted by Gasteiger charge is 2.21. The first kappa shape index (κ1) is 22.0. The molecule has 31 heavy (non-hydrogen) atoms. The first-order valence-electron chi connectivity index (χ1n) is 11.3. The van der Waals surface area contributed by atoms with Gasteiger partial charge in [-0.05, 0) is 71.7 Å². The minimum atomic E-state index is -0.0465. The number of likely N-dealkylation sites (tertiary alicyclic amines) is 1. The van der Waals surface area contributed by atoms with Gasteiger partial charge in [0.05, 0.1) is 22.8 Å². The molecule has 4 heterocycles. The smallest absolute Gasteiger partial charge is 0.252 e. The summed E-state index contributed by atoms with van der Waals surface area (Å²) < 4.78 is 1.90. The number of nitrogens with one attached hydrogen (secondary N) is 1. The van der Waals surface area contributed by atoms with E-state index in [4.69, 9.17) is 4.98 Å². The van der Waals surface area contributed by atoms with Crippen molar-refractivity contribution in [2.75, 3.05) is 26.2 Å². The van der Waals surface area contributed by atoms with Gasteiger partial charge in [0.15, 0.2) is 5.65 Å². The zero-order valence-corrected chi connectivity index (χ0v) is 20.1. The number of fused-ring (bicyclic) bond motifs is 1. The fourth-order valence-electron chi connectivity index (χ4n) is 4.44. The van der Waals surface area contributed by atoms with Gasteiger partial charge >= 0.3 is 0 Å². The lowest BCUT2D eigenvalue weighted by atomic mass is 10.1. The van der Waals surface area contributed by atoms with Crippen LogP contribution in [0.2, 0.25) is 0 Å². The molecule has 6 nitrogen and oxygen atoms in total. The molecular weight excluding hydrogens is 406 g/mol. The van der Waals surface area contributed by atoms with Crippen LogP contribution in [0.1, 0.15) is 59.8 Å². The predicted octanol–water partition coefficient (Wildman–Crippen LogP) is 4.82. The molecule has 0 aromatic carbocycles. The fraction of sp³-hybridized carbons (Fsp3) is 0.542. The van der Waals surface area contributed by atoms with Crippen LogP contribution in [0, 0.1) is 19.8 Å². The Morgan fingerprint density at radius 2 is 1.94 bits per heavy atom. The van der Waals surface area contributed by atoms with Crippen molar-refractivity contribution in [3.63, 3.8) is 0 Å². The third-order valence-electron chi connectivity index (χ3n) is 6.00. The van der Waals surface area contributed by atoms with Crippen LogP contribution in [0.5, 0.6) is 0 Å². The number of hydrogen-bond acceptors (Lipinski definition) is 5. The highest BCUT2D eigenvalue weighted by molar-refractivity contribution is 7.12. The SMILES string of the molecule is Cc1cc(-c2cc(C(=O)NCC(C)CN3CCCC3)c3cnn(C(C)C)c3n2)c(C)s1. The van der Waals surface area contributed by atoms with Crippen LogP contribution in [0.4, 0.5) is 0 Å². The molecule has 3 aromatic heterocycles. The monoisotopic (exact) mass is 439 g/mol. The molecule has 3 aromatic rings. The van der Waals surface area contributed by atoms with Crippen molar-refractivity contribution >= 4 is 28.3 Å². The Hall–Kier alpha value is -2.25. The average molecular weight is 440 g/mol. The molecule has 0 saturated carbocycles. The van der Waals surface area contributed by atoms with Crippen molar-refractivity contribution in [1.82, 2.24) is 25.0 Å². The van der Waals surface area contributed by atoms with Crippen molar-refractivity contribution in [3.8, 4) is 11.3 Å². The molecular formula is C24H33N5OS. The number of carbonyl (C=O) groups is 1. The summed E-state index contributed by atoms with van der Waals surface area (Å²) in [5, 5.41) is 8.52. The van der Waals surface area contributed by atoms with Gasteiger partial charge in [-0.1, -0.05) is 6.92 Å². The highest BCUT2D eigenvalue weighted by Crippen LogP contribution is 2.32. The Balaban J connectivity index is 1.63. The van der Waals surface area contributed by atoms with E-state index in [1.165, 1.54) is 35.7 Å². The van der Waals surface area contributed by atoms with Gasteiger partial charge in [0, 0.05) is 34.4 Å². The van der Waals surface area contributed by atoms with Crippen LogP contribution in [-0.4, -0.2) is 51.8 Å². The standard InChI is InChI=1S/C24H33N5OS/c1-15(2)29-23-21(13-26-29)20(11-22(27-23)19-10-17(4)31-18(19)5)24(30)25-12-16(3)14-28-8-6-7-9-28/h10-11,13,15-16H,6-9,12,14H2,1-5H3,(H,25,30). The third-order valence-corrected chi connectivity index (χ3v) is 6.96. The van der Waals surface area contributed by atoms with Gasteiger partial charge < -0.3 is 10.2 Å². The van der Waals surface area contributed by atoms with Gasteiger partial charge in [0.25, 0.3) is 5.91 Å². The molecule has 0 aliphatic carbocycles. The Labute approximate surface area is 188 Å². The number of carbonyl (C=O) groups excluding carboxylic acids is 1. The van der Waals surface area contributed by atoms with Crippen molar-refractivity contribution in [3.05, 3.63) is 33.6 Å². The quantitative estimate of drug-likeness (QED) is 0.573. The van der Waals surface area contributed by atoms with E-state index in [1.807, 2.05) is 10.7 Å². The maximum absolute atomic E-state index is 13.3. The topological polar surface area (TPSA) is 63.1 Å². The summed E-state index contributed by atoms with van der Waals surface area (Å²) in [6, 6.07) is 4.26. The summed E-state index contributed by atoms with van der Waals surface area (Å²) in [4.78, 5) is 23.1. The fourth-order valence-corrected chi connectivity index (χ4v) is 5.37. The van der Waals surface area contributed by atoms with Crippen molar-refractivity contribution < 1.29 is 4.79 Å². The molecule has 0 bridgehead atoms. The molecule has 7 heteroatoms. The van der Waals surface area contributed by atoms with Gasteiger partial charge in [0.1, 0.15) is 0 Å². The molecule has 1 N–H and O–H groups in total. The molecule has 0 radical (unpaired) electrons. The van der Waals surface area contributed by atoms with Crippen LogP contribution in [0.25, 0.3) is 22.3 Å². The molecule has 0 spiro atoms. The van der Waals surface area contributed by atoms with Gasteiger partial charge in [-0.25, -0.2) is 9.67 Å². The van der Waals surface area contributed by atoms with Crippen LogP contribution in [0.3, 0.4) is 0 Å².